The molecule has 2 nitrogen and oxygen atoms in total. The van der Waals surface area contributed by atoms with Crippen LogP contribution in [0.3, 0.4) is 0 Å². The summed E-state index contributed by atoms with van der Waals surface area (Å²) >= 11 is 3.39. The average Bonchev–Trinajstić information content (AvgIpc) is 2.24. The number of rotatable bonds is 6. The number of nitrogens with zero attached hydrogens (tertiary/aromatic N) is 1. The molecule has 0 bridgehead atoms. The summed E-state index contributed by atoms with van der Waals surface area (Å²) in [6.45, 7) is 0. The Morgan fingerprint density at radius 1 is 1.38 bits per heavy atom. The molecule has 0 radical (unpaired) electrons. The SMILES string of the molecule is N#CCCCC[S@@](=O)Cc1cccc(Br)c1. The van der Waals surface area contributed by atoms with Gasteiger partial charge in [-0.25, -0.2) is 0 Å². The number of hydrogen-bond donors (Lipinski definition) is 0. The molecule has 0 amide bonds. The van der Waals surface area contributed by atoms with Crippen LogP contribution in [0.2, 0.25) is 0 Å². The lowest BCUT2D eigenvalue weighted by atomic mass is 10.2. The van der Waals surface area contributed by atoms with E-state index in [1.807, 2.05) is 24.3 Å². The van der Waals surface area contributed by atoms with Gasteiger partial charge < -0.3 is 0 Å². The van der Waals surface area contributed by atoms with Crippen LogP contribution in [0.15, 0.2) is 28.7 Å². The van der Waals surface area contributed by atoms with E-state index in [0.717, 1.165) is 22.9 Å². The van der Waals surface area contributed by atoms with Gasteiger partial charge in [0, 0.05) is 33.2 Å². The summed E-state index contributed by atoms with van der Waals surface area (Å²) < 4.78 is 12.7. The maximum Gasteiger partial charge on any atom is 0.0621 e. The molecule has 0 saturated carbocycles. The molecular formula is C12H14BrNOS. The highest BCUT2D eigenvalue weighted by molar-refractivity contribution is 9.10. The summed E-state index contributed by atoms with van der Waals surface area (Å²) in [5.74, 6) is 1.29. The number of halogens is 1. The molecule has 1 aromatic carbocycles. The molecule has 1 aromatic rings. The van der Waals surface area contributed by atoms with Crippen molar-refractivity contribution < 1.29 is 4.21 Å². The van der Waals surface area contributed by atoms with Crippen LogP contribution >= 0.6 is 15.9 Å². The first-order valence-corrected chi connectivity index (χ1v) is 7.47. The molecule has 0 aromatic heterocycles. The lowest BCUT2D eigenvalue weighted by molar-refractivity contribution is 0.677. The maximum absolute atomic E-state index is 11.7. The van der Waals surface area contributed by atoms with Gasteiger partial charge in [0.25, 0.3) is 0 Å². The van der Waals surface area contributed by atoms with Gasteiger partial charge in [-0.05, 0) is 30.5 Å². The minimum Gasteiger partial charge on any atom is -0.259 e. The van der Waals surface area contributed by atoms with Crippen molar-refractivity contribution in [3.63, 3.8) is 0 Å². The molecule has 1 atom stereocenters. The Balaban J connectivity index is 2.32. The Kier molecular flexibility index (Phi) is 6.36. The monoisotopic (exact) mass is 299 g/mol. The van der Waals surface area contributed by atoms with E-state index in [0.29, 0.717) is 17.9 Å². The quantitative estimate of drug-likeness (QED) is 0.756. The Labute approximate surface area is 107 Å². The summed E-state index contributed by atoms with van der Waals surface area (Å²) in [7, 11) is -0.813. The number of nitriles is 1. The molecule has 0 heterocycles. The number of hydrogen-bond acceptors (Lipinski definition) is 2. The van der Waals surface area contributed by atoms with E-state index in [1.54, 1.807) is 0 Å². The van der Waals surface area contributed by atoms with Crippen LogP contribution in [0.5, 0.6) is 0 Å². The molecule has 0 spiro atoms. The van der Waals surface area contributed by atoms with Gasteiger partial charge >= 0.3 is 0 Å². The smallest absolute Gasteiger partial charge is 0.0621 e. The lowest BCUT2D eigenvalue weighted by Gasteiger charge is -2.02. The van der Waals surface area contributed by atoms with Crippen molar-refractivity contribution in [3.05, 3.63) is 34.3 Å². The third-order valence-corrected chi connectivity index (χ3v) is 4.02. The predicted molar refractivity (Wildman–Crippen MR) is 70.3 cm³/mol. The first kappa shape index (κ1) is 13.4. The number of unbranched alkanes of at least 4 members (excludes halogenated alkanes) is 2. The second-order valence-electron chi connectivity index (χ2n) is 3.53. The fourth-order valence-corrected chi connectivity index (χ4v) is 3.02. The fraction of sp³-hybridized carbons (Fsp3) is 0.417. The zero-order valence-electron chi connectivity index (χ0n) is 8.99. The molecule has 0 aliphatic rings. The topological polar surface area (TPSA) is 40.9 Å². The second kappa shape index (κ2) is 7.59. The minimum absolute atomic E-state index is 0.564. The first-order valence-electron chi connectivity index (χ1n) is 5.19. The second-order valence-corrected chi connectivity index (χ2v) is 6.03. The van der Waals surface area contributed by atoms with Crippen LogP contribution in [0.4, 0.5) is 0 Å². The van der Waals surface area contributed by atoms with Gasteiger partial charge in [0.1, 0.15) is 0 Å². The zero-order valence-corrected chi connectivity index (χ0v) is 11.4. The Hall–Kier alpha value is -0.660. The molecule has 0 N–H and O–H groups in total. The average molecular weight is 300 g/mol. The van der Waals surface area contributed by atoms with E-state index in [4.69, 9.17) is 5.26 Å². The summed E-state index contributed by atoms with van der Waals surface area (Å²) in [6.07, 6.45) is 2.28. The summed E-state index contributed by atoms with van der Waals surface area (Å²) in [5.41, 5.74) is 1.09. The van der Waals surface area contributed by atoms with Gasteiger partial charge in [-0.3, -0.25) is 4.21 Å². The molecule has 0 aliphatic heterocycles. The summed E-state index contributed by atoms with van der Waals surface area (Å²) in [6, 6.07) is 9.98. The molecule has 86 valence electrons. The van der Waals surface area contributed by atoms with Crippen LogP contribution in [0, 0.1) is 11.3 Å². The molecule has 16 heavy (non-hydrogen) atoms. The van der Waals surface area contributed by atoms with E-state index in [9.17, 15) is 4.21 Å². The van der Waals surface area contributed by atoms with Crippen molar-refractivity contribution in [2.75, 3.05) is 5.75 Å². The van der Waals surface area contributed by atoms with E-state index >= 15 is 0 Å². The fourth-order valence-electron chi connectivity index (χ4n) is 1.35. The number of benzene rings is 1. The third-order valence-electron chi connectivity index (χ3n) is 2.13. The van der Waals surface area contributed by atoms with Crippen LogP contribution < -0.4 is 0 Å². The molecule has 0 fully saturated rings. The van der Waals surface area contributed by atoms with Crippen molar-refractivity contribution in [1.82, 2.24) is 0 Å². The standard InChI is InChI=1S/C12H14BrNOS/c13-12-6-4-5-11(9-12)10-16(15)8-3-1-2-7-14/h4-6,9H,1-3,8,10H2/t16-/m1/s1. The summed E-state index contributed by atoms with van der Waals surface area (Å²) in [4.78, 5) is 0. The van der Waals surface area contributed by atoms with Gasteiger partial charge in [-0.15, -0.1) is 0 Å². The van der Waals surface area contributed by atoms with Crippen LogP contribution in [0.25, 0.3) is 0 Å². The molecule has 0 unspecified atom stereocenters. The van der Waals surface area contributed by atoms with Gasteiger partial charge in [0.05, 0.1) is 6.07 Å². The van der Waals surface area contributed by atoms with E-state index in [2.05, 4.69) is 22.0 Å². The van der Waals surface area contributed by atoms with Crippen molar-refractivity contribution >= 4 is 26.7 Å². The Morgan fingerprint density at radius 3 is 2.88 bits per heavy atom. The van der Waals surface area contributed by atoms with Crippen molar-refractivity contribution in [1.29, 1.82) is 5.26 Å². The highest BCUT2D eigenvalue weighted by Gasteiger charge is 2.02. The van der Waals surface area contributed by atoms with Crippen molar-refractivity contribution in [2.24, 2.45) is 0 Å². The molecule has 0 saturated heterocycles. The highest BCUT2D eigenvalue weighted by atomic mass is 79.9. The molecule has 0 aliphatic carbocycles. The lowest BCUT2D eigenvalue weighted by Crippen LogP contribution is -2.01. The van der Waals surface area contributed by atoms with Gasteiger partial charge in [0.15, 0.2) is 0 Å². The van der Waals surface area contributed by atoms with Crippen molar-refractivity contribution in [3.8, 4) is 6.07 Å². The van der Waals surface area contributed by atoms with Gasteiger partial charge in [-0.1, -0.05) is 28.1 Å². The molecular weight excluding hydrogens is 286 g/mol. The van der Waals surface area contributed by atoms with Crippen LogP contribution in [0.1, 0.15) is 24.8 Å². The zero-order chi connectivity index (χ0) is 11.8. The van der Waals surface area contributed by atoms with Crippen LogP contribution in [-0.2, 0) is 16.6 Å². The molecule has 4 heteroatoms. The molecule has 1 rings (SSSR count). The normalized spacial score (nSPS) is 12.0. The van der Waals surface area contributed by atoms with Crippen LogP contribution in [-0.4, -0.2) is 9.96 Å². The first-order chi connectivity index (χ1) is 7.72. The van der Waals surface area contributed by atoms with Crippen molar-refractivity contribution in [2.45, 2.75) is 25.0 Å². The Bertz CT molecular complexity index is 400. The van der Waals surface area contributed by atoms with Gasteiger partial charge in [-0.2, -0.15) is 5.26 Å². The Morgan fingerprint density at radius 2 is 2.19 bits per heavy atom. The predicted octanol–water partition coefficient (Wildman–Crippen LogP) is 3.39. The van der Waals surface area contributed by atoms with E-state index in [1.165, 1.54) is 0 Å². The summed E-state index contributed by atoms with van der Waals surface area (Å²) in [5, 5.41) is 8.37. The van der Waals surface area contributed by atoms with Gasteiger partial charge in [0.2, 0.25) is 0 Å². The van der Waals surface area contributed by atoms with E-state index in [-0.39, 0.29) is 0 Å². The largest absolute Gasteiger partial charge is 0.259 e. The minimum atomic E-state index is -0.813. The van der Waals surface area contributed by atoms with E-state index < -0.39 is 10.8 Å². The highest BCUT2D eigenvalue weighted by Crippen LogP contribution is 2.13. The maximum atomic E-state index is 11.7. The third kappa shape index (κ3) is 5.43.